The van der Waals surface area contributed by atoms with E-state index in [0.29, 0.717) is 69.9 Å². The number of nitrogens with one attached hydrogen (secondary N) is 5. The van der Waals surface area contributed by atoms with Crippen molar-refractivity contribution in [2.75, 3.05) is 87.1 Å². The molecule has 0 aliphatic carbocycles. The van der Waals surface area contributed by atoms with Gasteiger partial charge in [0, 0.05) is 59.0 Å². The number of hydrogen-bond acceptors (Lipinski definition) is 13. The fraction of sp³-hybridized carbons (Fsp3) is 0.657. The topological polar surface area (TPSA) is 239 Å². The molecule has 53 heavy (non-hydrogen) atoms. The van der Waals surface area contributed by atoms with Crippen LogP contribution in [0.25, 0.3) is 0 Å². The second-order valence-corrected chi connectivity index (χ2v) is 11.8. The summed E-state index contributed by atoms with van der Waals surface area (Å²) in [6, 6.07) is 6.69. The highest BCUT2D eigenvalue weighted by atomic mass is 16.6. The molecule has 0 unspecified atom stereocenters. The van der Waals surface area contributed by atoms with E-state index >= 15 is 0 Å². The third-order valence-corrected chi connectivity index (χ3v) is 7.50. The summed E-state index contributed by atoms with van der Waals surface area (Å²) in [6.07, 6.45) is 2.05. The lowest BCUT2D eigenvalue weighted by Crippen LogP contribution is -2.39. The van der Waals surface area contributed by atoms with Gasteiger partial charge in [0.25, 0.3) is 5.91 Å². The lowest BCUT2D eigenvalue weighted by molar-refractivity contribution is -0.122. The minimum Gasteiger partial charge on any atom is -0.447 e. The first kappa shape index (κ1) is 46.5. The van der Waals surface area contributed by atoms with Gasteiger partial charge in [-0.25, -0.2) is 9.59 Å². The quantitative estimate of drug-likeness (QED) is 0.0369. The molecule has 0 saturated carbocycles. The number of primary amides is 1. The summed E-state index contributed by atoms with van der Waals surface area (Å²) in [6.45, 7) is 4.22. The SMILES string of the molecule is CN[C@@H](CCCCNC(=O)c1ccc(/C(C)=N/OCCCCNC(=O)CCCOC(COC(=O)NCCOC)COC(=O)NCCOC)cc1)C(N)=O. The number of benzene rings is 1. The molecular weight excluding hydrogens is 694 g/mol. The van der Waals surface area contributed by atoms with Gasteiger partial charge in [0.2, 0.25) is 11.8 Å². The van der Waals surface area contributed by atoms with Crippen LogP contribution in [0.2, 0.25) is 0 Å². The van der Waals surface area contributed by atoms with E-state index < -0.39 is 18.3 Å². The van der Waals surface area contributed by atoms with Gasteiger partial charge in [-0.2, -0.15) is 0 Å². The Morgan fingerprint density at radius 1 is 0.717 bits per heavy atom. The highest BCUT2D eigenvalue weighted by molar-refractivity contribution is 6.00. The van der Waals surface area contributed by atoms with E-state index in [1.165, 1.54) is 14.2 Å². The number of ether oxygens (including phenoxy) is 5. The third-order valence-electron chi connectivity index (χ3n) is 7.50. The molecule has 18 heteroatoms. The largest absolute Gasteiger partial charge is 0.447 e. The normalized spacial score (nSPS) is 11.8. The molecule has 5 amide bonds. The van der Waals surface area contributed by atoms with Crippen LogP contribution in [0.5, 0.6) is 0 Å². The monoisotopic (exact) mass is 753 g/mol. The van der Waals surface area contributed by atoms with Gasteiger partial charge in [0.15, 0.2) is 0 Å². The van der Waals surface area contributed by atoms with Crippen molar-refractivity contribution in [3.63, 3.8) is 0 Å². The van der Waals surface area contributed by atoms with Gasteiger partial charge in [0.1, 0.15) is 25.9 Å². The third kappa shape index (κ3) is 23.6. The van der Waals surface area contributed by atoms with Crippen LogP contribution in [-0.4, -0.2) is 135 Å². The zero-order valence-electron chi connectivity index (χ0n) is 31.5. The molecule has 300 valence electrons. The summed E-state index contributed by atoms with van der Waals surface area (Å²) in [5.41, 5.74) is 7.33. The number of likely N-dealkylation sites (N-methyl/N-ethyl adjacent to an activating group) is 1. The Balaban J connectivity index is 2.27. The van der Waals surface area contributed by atoms with Gasteiger partial charge in [0.05, 0.1) is 25.0 Å². The predicted molar refractivity (Wildman–Crippen MR) is 197 cm³/mol. The maximum Gasteiger partial charge on any atom is 0.407 e. The first-order valence-corrected chi connectivity index (χ1v) is 17.8. The lowest BCUT2D eigenvalue weighted by atomic mass is 10.1. The van der Waals surface area contributed by atoms with Crippen molar-refractivity contribution in [3.05, 3.63) is 35.4 Å². The van der Waals surface area contributed by atoms with Crippen LogP contribution < -0.4 is 32.3 Å². The minimum atomic E-state index is -0.730. The molecule has 1 rings (SSSR count). The summed E-state index contributed by atoms with van der Waals surface area (Å²) >= 11 is 0. The molecule has 1 aromatic carbocycles. The number of carbonyl (C=O) groups excluding carboxylic acids is 5. The molecule has 7 N–H and O–H groups in total. The van der Waals surface area contributed by atoms with Crippen LogP contribution in [0.4, 0.5) is 9.59 Å². The first-order valence-electron chi connectivity index (χ1n) is 17.8. The molecule has 0 spiro atoms. The van der Waals surface area contributed by atoms with E-state index in [1.54, 1.807) is 31.3 Å². The van der Waals surface area contributed by atoms with Crippen molar-refractivity contribution >= 4 is 35.6 Å². The fourth-order valence-corrected chi connectivity index (χ4v) is 4.45. The van der Waals surface area contributed by atoms with E-state index in [1.807, 2.05) is 6.92 Å². The Kier molecular flexibility index (Phi) is 26.3. The molecule has 0 aliphatic heterocycles. The predicted octanol–water partition coefficient (Wildman–Crippen LogP) is 1.21. The molecule has 0 bridgehead atoms. The van der Waals surface area contributed by atoms with Crippen LogP contribution in [0.15, 0.2) is 29.4 Å². The molecule has 0 radical (unpaired) electrons. The molecule has 1 aromatic rings. The summed E-state index contributed by atoms with van der Waals surface area (Å²) in [5, 5.41) is 17.8. The van der Waals surface area contributed by atoms with E-state index in [2.05, 4.69) is 31.7 Å². The molecule has 0 fully saturated rings. The van der Waals surface area contributed by atoms with Crippen LogP contribution in [-0.2, 0) is 38.1 Å². The second-order valence-electron chi connectivity index (χ2n) is 11.8. The summed E-state index contributed by atoms with van der Waals surface area (Å²) in [7, 11) is 4.71. The molecule has 0 aliphatic rings. The van der Waals surface area contributed by atoms with E-state index in [4.69, 9.17) is 34.3 Å². The Labute approximate surface area is 311 Å². The Morgan fingerprint density at radius 2 is 1.30 bits per heavy atom. The van der Waals surface area contributed by atoms with Crippen LogP contribution in [0, 0.1) is 0 Å². The highest BCUT2D eigenvalue weighted by Crippen LogP contribution is 2.08. The molecule has 0 aromatic heterocycles. The number of alkyl carbamates (subject to hydrolysis) is 2. The molecule has 1 atom stereocenters. The standard InChI is InChI=1S/C35H59N7O11/c1-26(27-12-14-28(15-13-27)33(45)39-17-6-5-10-30(37-2)32(36)44)42-53-21-8-7-16-38-31(43)11-9-20-50-29(24-51-34(46)40-18-22-48-3)25-52-35(47)41-19-23-49-4/h12-15,29-30,37H,5-11,16-25H2,1-4H3,(H2,36,44)(H,38,43)(H,39,45)(H,40,46)(H,41,47)/b42-26+/t30-/m0/s1. The van der Waals surface area contributed by atoms with Gasteiger partial charge in [-0.1, -0.05) is 17.3 Å². The van der Waals surface area contributed by atoms with E-state index in [-0.39, 0.29) is 63.1 Å². The maximum atomic E-state index is 12.4. The van der Waals surface area contributed by atoms with Crippen molar-refractivity contribution in [2.45, 2.75) is 64.0 Å². The van der Waals surface area contributed by atoms with Crippen molar-refractivity contribution in [2.24, 2.45) is 10.9 Å². The fourth-order valence-electron chi connectivity index (χ4n) is 4.45. The van der Waals surface area contributed by atoms with Crippen LogP contribution in [0.1, 0.15) is 67.8 Å². The molecule has 0 saturated heterocycles. The number of amides is 5. The summed E-state index contributed by atoms with van der Waals surface area (Å²) in [5.74, 6) is -0.701. The van der Waals surface area contributed by atoms with Gasteiger partial charge in [-0.05, 0) is 70.2 Å². The Hall–Kier alpha value is -4.52. The number of nitrogens with two attached hydrogens (primary N) is 1. The minimum absolute atomic E-state index is 0.137. The first-order chi connectivity index (χ1) is 25.6. The van der Waals surface area contributed by atoms with Gasteiger partial charge >= 0.3 is 12.2 Å². The number of unbranched alkanes of at least 4 members (excludes halogenated alkanes) is 2. The number of methoxy groups -OCH3 is 2. The van der Waals surface area contributed by atoms with Crippen molar-refractivity contribution in [3.8, 4) is 0 Å². The second kappa shape index (κ2) is 30.0. The average molecular weight is 754 g/mol. The molecule has 18 nitrogen and oxygen atoms in total. The zero-order valence-corrected chi connectivity index (χ0v) is 31.5. The molecular formula is C35H59N7O11. The summed E-state index contributed by atoms with van der Waals surface area (Å²) < 4.78 is 25.8. The van der Waals surface area contributed by atoms with Crippen molar-refractivity contribution < 1.29 is 52.5 Å². The van der Waals surface area contributed by atoms with Gasteiger partial charge in [-0.15, -0.1) is 0 Å². The van der Waals surface area contributed by atoms with Gasteiger partial charge in [-0.3, -0.25) is 14.4 Å². The summed E-state index contributed by atoms with van der Waals surface area (Å²) in [4.78, 5) is 65.1. The zero-order chi connectivity index (χ0) is 39.1. The number of carbonyl (C=O) groups is 5. The van der Waals surface area contributed by atoms with Crippen molar-refractivity contribution in [1.29, 1.82) is 0 Å². The van der Waals surface area contributed by atoms with Crippen LogP contribution in [0.3, 0.4) is 0 Å². The average Bonchev–Trinajstić information content (AvgIpc) is 3.15. The van der Waals surface area contributed by atoms with E-state index in [9.17, 15) is 24.0 Å². The number of hydrogen-bond donors (Lipinski definition) is 6. The van der Waals surface area contributed by atoms with Crippen molar-refractivity contribution in [1.82, 2.24) is 26.6 Å². The van der Waals surface area contributed by atoms with Crippen LogP contribution >= 0.6 is 0 Å². The maximum absolute atomic E-state index is 12.4. The number of nitrogens with zero attached hydrogens (tertiary/aromatic N) is 1. The highest BCUT2D eigenvalue weighted by Gasteiger charge is 2.16. The molecule has 0 heterocycles. The number of rotatable bonds is 30. The van der Waals surface area contributed by atoms with E-state index in [0.717, 1.165) is 18.4 Å². The smallest absolute Gasteiger partial charge is 0.407 e. The van der Waals surface area contributed by atoms with Gasteiger partial charge < -0.3 is 60.8 Å². The Bertz CT molecular complexity index is 1210. The Morgan fingerprint density at radius 3 is 1.89 bits per heavy atom. The number of oxime groups is 1. The lowest BCUT2D eigenvalue weighted by Gasteiger charge is -2.18.